The standard InChI is InChI=1S/C16H18F3N3O2/c17-16(18,19)11-5-1-2-6-12(11)21-15(23)14-8-13(22-24-14)10-4-3-7-20-9-10/h3-4,7,9,11-12,14H,1-2,5-6,8H2,(H,21,23)/t11-,12+,14+/m0/s1. The van der Waals surface area contributed by atoms with E-state index in [9.17, 15) is 18.0 Å². The molecular formula is C16H18F3N3O2. The van der Waals surface area contributed by atoms with Crippen molar-refractivity contribution in [3.63, 3.8) is 0 Å². The highest BCUT2D eigenvalue weighted by molar-refractivity contribution is 6.03. The quantitative estimate of drug-likeness (QED) is 0.919. The van der Waals surface area contributed by atoms with Crippen LogP contribution in [0.1, 0.15) is 37.7 Å². The number of oxime groups is 1. The molecule has 3 atom stereocenters. The van der Waals surface area contributed by atoms with E-state index in [1.54, 1.807) is 24.5 Å². The van der Waals surface area contributed by atoms with Gasteiger partial charge in [-0.05, 0) is 25.0 Å². The van der Waals surface area contributed by atoms with Crippen LogP contribution >= 0.6 is 0 Å². The van der Waals surface area contributed by atoms with Crippen LogP contribution in [-0.4, -0.2) is 34.9 Å². The molecule has 2 heterocycles. The Morgan fingerprint density at radius 3 is 2.79 bits per heavy atom. The molecule has 2 aliphatic rings. The molecule has 1 N–H and O–H groups in total. The molecule has 1 saturated carbocycles. The molecule has 0 radical (unpaired) electrons. The second kappa shape index (κ2) is 6.78. The Hall–Kier alpha value is -2.12. The lowest BCUT2D eigenvalue weighted by atomic mass is 9.84. The maximum absolute atomic E-state index is 13.1. The van der Waals surface area contributed by atoms with E-state index in [2.05, 4.69) is 15.5 Å². The van der Waals surface area contributed by atoms with Gasteiger partial charge in [0.05, 0.1) is 11.6 Å². The van der Waals surface area contributed by atoms with E-state index in [4.69, 9.17) is 4.84 Å². The van der Waals surface area contributed by atoms with Crippen molar-refractivity contribution in [1.82, 2.24) is 10.3 Å². The van der Waals surface area contributed by atoms with Gasteiger partial charge in [-0.15, -0.1) is 0 Å². The van der Waals surface area contributed by atoms with Crippen molar-refractivity contribution >= 4 is 11.6 Å². The Morgan fingerprint density at radius 2 is 2.08 bits per heavy atom. The van der Waals surface area contributed by atoms with E-state index < -0.39 is 30.1 Å². The lowest BCUT2D eigenvalue weighted by molar-refractivity contribution is -0.189. The van der Waals surface area contributed by atoms with Crippen LogP contribution in [0.5, 0.6) is 0 Å². The van der Waals surface area contributed by atoms with Gasteiger partial charge in [0.25, 0.3) is 5.91 Å². The van der Waals surface area contributed by atoms with Crippen molar-refractivity contribution in [1.29, 1.82) is 0 Å². The third kappa shape index (κ3) is 3.68. The molecule has 1 aliphatic heterocycles. The number of amides is 1. The van der Waals surface area contributed by atoms with Gasteiger partial charge in [-0.25, -0.2) is 0 Å². The van der Waals surface area contributed by atoms with Crippen molar-refractivity contribution in [3.8, 4) is 0 Å². The Bertz CT molecular complexity index is 619. The fourth-order valence-electron chi connectivity index (χ4n) is 3.19. The van der Waals surface area contributed by atoms with E-state index in [0.29, 0.717) is 25.0 Å². The van der Waals surface area contributed by atoms with Crippen molar-refractivity contribution in [2.75, 3.05) is 0 Å². The van der Waals surface area contributed by atoms with Crippen LogP contribution in [-0.2, 0) is 9.63 Å². The van der Waals surface area contributed by atoms with Gasteiger partial charge in [0.1, 0.15) is 0 Å². The number of hydrogen-bond acceptors (Lipinski definition) is 4. The molecule has 1 aromatic rings. The summed E-state index contributed by atoms with van der Waals surface area (Å²) in [5.74, 6) is -2.03. The Labute approximate surface area is 137 Å². The van der Waals surface area contributed by atoms with E-state index >= 15 is 0 Å². The molecule has 1 aromatic heterocycles. The zero-order valence-corrected chi connectivity index (χ0v) is 12.9. The fourth-order valence-corrected chi connectivity index (χ4v) is 3.19. The lowest BCUT2D eigenvalue weighted by Crippen LogP contribution is -2.50. The van der Waals surface area contributed by atoms with Crippen LogP contribution in [0.3, 0.4) is 0 Å². The largest absolute Gasteiger partial charge is 0.393 e. The van der Waals surface area contributed by atoms with Gasteiger partial charge >= 0.3 is 6.18 Å². The van der Waals surface area contributed by atoms with Crippen molar-refractivity contribution in [2.45, 2.75) is 50.4 Å². The average molecular weight is 341 g/mol. The molecule has 5 nitrogen and oxygen atoms in total. The fraction of sp³-hybridized carbons (Fsp3) is 0.562. The summed E-state index contributed by atoms with van der Waals surface area (Å²) in [6, 6.07) is 2.63. The van der Waals surface area contributed by atoms with E-state index in [1.165, 1.54) is 0 Å². The zero-order chi connectivity index (χ0) is 17.2. The van der Waals surface area contributed by atoms with Gasteiger partial charge in [0, 0.05) is 30.4 Å². The van der Waals surface area contributed by atoms with Crippen molar-refractivity contribution < 1.29 is 22.8 Å². The summed E-state index contributed by atoms with van der Waals surface area (Å²) in [6.45, 7) is 0. The summed E-state index contributed by atoms with van der Waals surface area (Å²) in [5.41, 5.74) is 1.30. The van der Waals surface area contributed by atoms with Gasteiger partial charge in [-0.2, -0.15) is 13.2 Å². The van der Waals surface area contributed by atoms with Crippen LogP contribution in [0.25, 0.3) is 0 Å². The van der Waals surface area contributed by atoms with Crippen LogP contribution in [0.2, 0.25) is 0 Å². The molecule has 1 aliphatic carbocycles. The highest BCUT2D eigenvalue weighted by Crippen LogP contribution is 2.37. The predicted octanol–water partition coefficient (Wildman–Crippen LogP) is 2.81. The average Bonchev–Trinajstić information content (AvgIpc) is 3.05. The number of alkyl halides is 3. The molecule has 0 aromatic carbocycles. The van der Waals surface area contributed by atoms with Gasteiger partial charge in [-0.3, -0.25) is 9.78 Å². The van der Waals surface area contributed by atoms with Gasteiger partial charge < -0.3 is 10.2 Å². The maximum Gasteiger partial charge on any atom is 0.393 e. The van der Waals surface area contributed by atoms with Crippen LogP contribution in [0.15, 0.2) is 29.7 Å². The molecule has 3 rings (SSSR count). The summed E-state index contributed by atoms with van der Waals surface area (Å²) < 4.78 is 39.3. The first-order valence-electron chi connectivity index (χ1n) is 7.95. The minimum Gasteiger partial charge on any atom is -0.382 e. The van der Waals surface area contributed by atoms with Gasteiger partial charge in [-0.1, -0.05) is 18.0 Å². The summed E-state index contributed by atoms with van der Waals surface area (Å²) in [6.07, 6.45) is -0.154. The highest BCUT2D eigenvalue weighted by atomic mass is 19.4. The number of nitrogens with zero attached hydrogens (tertiary/aromatic N) is 2. The molecule has 0 unspecified atom stereocenters. The van der Waals surface area contributed by atoms with Crippen LogP contribution < -0.4 is 5.32 Å². The number of carbonyl (C=O) groups excluding carboxylic acids is 1. The van der Waals surface area contributed by atoms with E-state index in [0.717, 1.165) is 5.56 Å². The van der Waals surface area contributed by atoms with Crippen LogP contribution in [0, 0.1) is 5.92 Å². The first kappa shape index (κ1) is 16.7. The first-order chi connectivity index (χ1) is 11.4. The number of pyridine rings is 1. The third-order valence-corrected chi connectivity index (χ3v) is 4.47. The highest BCUT2D eigenvalue weighted by Gasteiger charge is 2.46. The van der Waals surface area contributed by atoms with E-state index in [-0.39, 0.29) is 12.8 Å². The summed E-state index contributed by atoms with van der Waals surface area (Å²) in [4.78, 5) is 21.3. The number of carbonyl (C=O) groups is 1. The first-order valence-corrected chi connectivity index (χ1v) is 7.95. The SMILES string of the molecule is O=C(N[C@@H]1CCCC[C@@H]1C(F)(F)F)[C@H]1CC(c2cccnc2)=NO1. The van der Waals surface area contributed by atoms with Gasteiger partial charge in [0.2, 0.25) is 6.10 Å². The monoisotopic (exact) mass is 341 g/mol. The maximum atomic E-state index is 13.1. The predicted molar refractivity (Wildman–Crippen MR) is 80.2 cm³/mol. The third-order valence-electron chi connectivity index (χ3n) is 4.47. The Balaban J connectivity index is 1.60. The number of aromatic nitrogens is 1. The van der Waals surface area contributed by atoms with Crippen molar-refractivity contribution in [3.05, 3.63) is 30.1 Å². The minimum absolute atomic E-state index is 0.0530. The molecule has 24 heavy (non-hydrogen) atoms. The number of hydrogen-bond donors (Lipinski definition) is 1. The molecule has 1 amide bonds. The molecule has 1 fully saturated rings. The summed E-state index contributed by atoms with van der Waals surface area (Å²) in [7, 11) is 0. The molecular weight excluding hydrogens is 323 g/mol. The topological polar surface area (TPSA) is 63.6 Å². The number of rotatable bonds is 3. The number of halogens is 3. The summed E-state index contributed by atoms with van der Waals surface area (Å²) >= 11 is 0. The molecule has 0 spiro atoms. The lowest BCUT2D eigenvalue weighted by Gasteiger charge is -2.33. The zero-order valence-electron chi connectivity index (χ0n) is 12.9. The normalized spacial score (nSPS) is 27.3. The van der Waals surface area contributed by atoms with Crippen molar-refractivity contribution in [2.24, 2.45) is 11.1 Å². The molecule has 130 valence electrons. The Kier molecular flexibility index (Phi) is 4.73. The smallest absolute Gasteiger partial charge is 0.382 e. The molecule has 0 bridgehead atoms. The Morgan fingerprint density at radius 1 is 1.29 bits per heavy atom. The van der Waals surface area contributed by atoms with Crippen LogP contribution in [0.4, 0.5) is 13.2 Å². The number of nitrogens with one attached hydrogen (secondary N) is 1. The molecule has 0 saturated heterocycles. The van der Waals surface area contributed by atoms with Gasteiger partial charge in [0.15, 0.2) is 0 Å². The minimum atomic E-state index is -4.30. The molecule has 8 heteroatoms. The second-order valence-corrected chi connectivity index (χ2v) is 6.13. The second-order valence-electron chi connectivity index (χ2n) is 6.13. The van der Waals surface area contributed by atoms with E-state index in [1.807, 2.05) is 0 Å². The summed E-state index contributed by atoms with van der Waals surface area (Å²) in [5, 5.41) is 6.38.